The minimum Gasteiger partial charge on any atom is -0.295 e. The molecule has 0 rings (SSSR count). The zero-order valence-corrected chi connectivity index (χ0v) is 6.02. The van der Waals surface area contributed by atoms with E-state index in [0.717, 1.165) is 5.33 Å². The first-order valence-electron chi connectivity index (χ1n) is 1.61. The monoisotopic (exact) mass is 168 g/mol. The number of hydrogen-bond donors (Lipinski definition) is 0. The average molecular weight is 169 g/mol. The predicted molar refractivity (Wildman–Crippen MR) is 33.1 cm³/mol. The van der Waals surface area contributed by atoms with Crippen molar-refractivity contribution in [3.63, 3.8) is 0 Å². The van der Waals surface area contributed by atoms with Gasteiger partial charge in [-0.1, -0.05) is 25.2 Å². The third kappa shape index (κ3) is 4.58. The highest BCUT2D eigenvalue weighted by Gasteiger charge is 1.85. The van der Waals surface area contributed by atoms with Crippen molar-refractivity contribution in [3.05, 3.63) is 0 Å². The van der Waals surface area contributed by atoms with Gasteiger partial charge in [-0.15, -0.1) is 0 Å². The van der Waals surface area contributed by atoms with Crippen molar-refractivity contribution in [1.29, 1.82) is 0 Å². The Hall–Kier alpha value is 0.580. The first-order valence-corrected chi connectivity index (χ1v) is 3.31. The van der Waals surface area contributed by atoms with Gasteiger partial charge in [0, 0.05) is 11.8 Å². The lowest BCUT2D eigenvalue weighted by molar-refractivity contribution is -0.110. The Balaban J connectivity index is 2.83. The molecule has 0 heterocycles. The van der Waals surface area contributed by atoms with Gasteiger partial charge in [0.1, 0.15) is 5.52 Å². The number of halogens is 1. The lowest BCUT2D eigenvalue weighted by Crippen LogP contribution is -1.82. The number of hydrogen-bond acceptors (Lipinski definition) is 1. The molecule has 3 heteroatoms. The van der Waals surface area contributed by atoms with Crippen LogP contribution in [0, 0.1) is 0 Å². The van der Waals surface area contributed by atoms with Crippen LogP contribution in [0.2, 0.25) is 0 Å². The van der Waals surface area contributed by atoms with E-state index in [0.29, 0.717) is 6.42 Å². The summed E-state index contributed by atoms with van der Waals surface area (Å²) in [7, 11) is 2.11. The second-order valence-electron chi connectivity index (χ2n) is 0.905. The number of carbonyl (C=O) groups excluding carboxylic acids is 1. The van der Waals surface area contributed by atoms with E-state index in [1.54, 1.807) is 0 Å². The summed E-state index contributed by atoms with van der Waals surface area (Å²) in [5.41, 5.74) is 0.159. The van der Waals surface area contributed by atoms with Crippen LogP contribution in [-0.4, -0.2) is 10.9 Å². The van der Waals surface area contributed by atoms with Crippen LogP contribution in [0.3, 0.4) is 0 Å². The van der Waals surface area contributed by atoms with E-state index in [4.69, 9.17) is 0 Å². The SMILES string of the molecule is O=C(P)CCBr. The molecule has 6 heavy (non-hydrogen) atoms. The summed E-state index contributed by atoms with van der Waals surface area (Å²) in [6.45, 7) is 0. The van der Waals surface area contributed by atoms with E-state index in [-0.39, 0.29) is 5.52 Å². The summed E-state index contributed by atoms with van der Waals surface area (Å²) in [5.74, 6) is 0. The second-order valence-corrected chi connectivity index (χ2v) is 2.34. The van der Waals surface area contributed by atoms with Crippen LogP contribution in [0.4, 0.5) is 0 Å². The van der Waals surface area contributed by atoms with Gasteiger partial charge in [-0.05, 0) is 0 Å². The second kappa shape index (κ2) is 3.76. The highest BCUT2D eigenvalue weighted by molar-refractivity contribution is 9.09. The molecule has 1 unspecified atom stereocenters. The van der Waals surface area contributed by atoms with E-state index in [1.165, 1.54) is 0 Å². The topological polar surface area (TPSA) is 17.1 Å². The standard InChI is InChI=1S/C3H6BrOP/c4-2-1-3(5)6/h1-2,6H2. The lowest BCUT2D eigenvalue weighted by Gasteiger charge is -1.79. The number of rotatable bonds is 2. The van der Waals surface area contributed by atoms with E-state index in [2.05, 4.69) is 25.2 Å². The highest BCUT2D eigenvalue weighted by Crippen LogP contribution is 1.93. The van der Waals surface area contributed by atoms with Gasteiger partial charge in [0.2, 0.25) is 0 Å². The zero-order chi connectivity index (χ0) is 4.99. The first kappa shape index (κ1) is 6.58. The van der Waals surface area contributed by atoms with Crippen molar-refractivity contribution in [2.45, 2.75) is 6.42 Å². The summed E-state index contributed by atoms with van der Waals surface area (Å²) in [4.78, 5) is 9.98. The Labute approximate surface area is 47.8 Å². The van der Waals surface area contributed by atoms with Gasteiger partial charge in [0.05, 0.1) is 0 Å². The normalized spacial score (nSPS) is 8.33. The Morgan fingerprint density at radius 3 is 2.33 bits per heavy atom. The van der Waals surface area contributed by atoms with E-state index in [1.807, 2.05) is 0 Å². The summed E-state index contributed by atoms with van der Waals surface area (Å²) in [6, 6.07) is 0. The molecule has 0 saturated carbocycles. The predicted octanol–water partition coefficient (Wildman–Crippen LogP) is 1.17. The van der Waals surface area contributed by atoms with E-state index < -0.39 is 0 Å². The van der Waals surface area contributed by atoms with Crippen molar-refractivity contribution in [2.24, 2.45) is 0 Å². The maximum Gasteiger partial charge on any atom is 0.149 e. The van der Waals surface area contributed by atoms with Gasteiger partial charge < -0.3 is 0 Å². The van der Waals surface area contributed by atoms with Crippen LogP contribution in [0.25, 0.3) is 0 Å². The molecule has 0 fully saturated rings. The highest BCUT2D eigenvalue weighted by atomic mass is 79.9. The van der Waals surface area contributed by atoms with Crippen LogP contribution in [0.1, 0.15) is 6.42 Å². The molecule has 0 N–H and O–H groups in total. The molecule has 0 aliphatic rings. The van der Waals surface area contributed by atoms with Gasteiger partial charge >= 0.3 is 0 Å². The van der Waals surface area contributed by atoms with Crippen LogP contribution in [-0.2, 0) is 4.79 Å². The van der Waals surface area contributed by atoms with Crippen molar-refractivity contribution in [3.8, 4) is 0 Å². The van der Waals surface area contributed by atoms with Crippen molar-refractivity contribution < 1.29 is 4.79 Å². The van der Waals surface area contributed by atoms with Crippen LogP contribution >= 0.6 is 25.2 Å². The van der Waals surface area contributed by atoms with Gasteiger partial charge in [0.15, 0.2) is 0 Å². The maximum absolute atomic E-state index is 9.98. The summed E-state index contributed by atoms with van der Waals surface area (Å²) < 4.78 is 0. The first-order chi connectivity index (χ1) is 2.77. The minimum atomic E-state index is 0.159. The fourth-order valence-corrected chi connectivity index (χ4v) is 1.05. The fourth-order valence-electron chi connectivity index (χ4n) is 0.0931. The fraction of sp³-hybridized carbons (Fsp3) is 0.667. The molecule has 0 bridgehead atoms. The zero-order valence-electron chi connectivity index (χ0n) is 3.28. The molecule has 0 aliphatic carbocycles. The third-order valence-corrected chi connectivity index (χ3v) is 1.03. The molecular formula is C3H6BrOP. The van der Waals surface area contributed by atoms with Gasteiger partial charge in [-0.3, -0.25) is 4.79 Å². The van der Waals surface area contributed by atoms with Crippen molar-refractivity contribution in [1.82, 2.24) is 0 Å². The molecule has 0 aromatic rings. The Kier molecular flexibility index (Phi) is 4.12. The third-order valence-electron chi connectivity index (χ3n) is 0.341. The molecular weight excluding hydrogens is 163 g/mol. The molecule has 0 aromatic carbocycles. The minimum absolute atomic E-state index is 0.159. The van der Waals surface area contributed by atoms with Gasteiger partial charge in [-0.2, -0.15) is 0 Å². The number of alkyl halides is 1. The van der Waals surface area contributed by atoms with Crippen LogP contribution in [0.15, 0.2) is 0 Å². The molecule has 0 radical (unpaired) electrons. The van der Waals surface area contributed by atoms with E-state index in [9.17, 15) is 4.79 Å². The van der Waals surface area contributed by atoms with E-state index >= 15 is 0 Å². The summed E-state index contributed by atoms with van der Waals surface area (Å²) in [5, 5.41) is 0.773. The molecule has 0 spiro atoms. The van der Waals surface area contributed by atoms with Crippen molar-refractivity contribution >= 4 is 30.7 Å². The summed E-state index contributed by atoms with van der Waals surface area (Å²) >= 11 is 3.12. The molecule has 0 aromatic heterocycles. The maximum atomic E-state index is 9.98. The molecule has 1 atom stereocenters. The Morgan fingerprint density at radius 2 is 2.33 bits per heavy atom. The van der Waals surface area contributed by atoms with Crippen LogP contribution in [0.5, 0.6) is 0 Å². The Bertz CT molecular complexity index is 54.8. The lowest BCUT2D eigenvalue weighted by atomic mass is 10.6. The molecule has 0 aliphatic heterocycles. The van der Waals surface area contributed by atoms with Crippen LogP contribution < -0.4 is 0 Å². The van der Waals surface area contributed by atoms with Crippen molar-refractivity contribution in [2.75, 3.05) is 5.33 Å². The van der Waals surface area contributed by atoms with Gasteiger partial charge in [-0.25, -0.2) is 0 Å². The smallest absolute Gasteiger partial charge is 0.149 e. The number of carbonyl (C=O) groups is 1. The quantitative estimate of drug-likeness (QED) is 0.447. The molecule has 1 nitrogen and oxygen atoms in total. The molecule has 0 saturated heterocycles. The average Bonchev–Trinajstić information content (AvgIpc) is 1.35. The summed E-state index contributed by atoms with van der Waals surface area (Å²) in [6.07, 6.45) is 0.616. The molecule has 36 valence electrons. The Morgan fingerprint density at radius 1 is 1.83 bits per heavy atom. The molecule has 0 amide bonds. The van der Waals surface area contributed by atoms with Gasteiger partial charge in [0.25, 0.3) is 0 Å². The largest absolute Gasteiger partial charge is 0.295 e.